The number of piperidine rings is 1. The Balaban J connectivity index is 0.00000182. The highest BCUT2D eigenvalue weighted by atomic mass is 35.5. The van der Waals surface area contributed by atoms with Crippen LogP contribution in [-0.2, 0) is 11.3 Å². The minimum absolute atomic E-state index is 0. The zero-order valence-electron chi connectivity index (χ0n) is 14.7. The van der Waals surface area contributed by atoms with Crippen molar-refractivity contribution in [3.8, 4) is 0 Å². The Morgan fingerprint density at radius 1 is 1.26 bits per heavy atom. The van der Waals surface area contributed by atoms with Crippen molar-refractivity contribution in [1.82, 2.24) is 15.4 Å². The standard InChI is InChI=1S/C18H22N4O2S.2ClH/c23-17(21-24)7-6-16-13-25-18(20-16)19-15-8-10-22(11-9-15)12-14-4-2-1-3-5-14;;/h1-7,13,15,24H,8-12H2,(H,19,20)(H,21,23);2*1H/b7-6+;;. The molecule has 6 nitrogen and oxygen atoms in total. The van der Waals surface area contributed by atoms with Crippen LogP contribution < -0.4 is 10.8 Å². The second kappa shape index (κ2) is 11.9. The number of hydrogen-bond acceptors (Lipinski definition) is 6. The average Bonchev–Trinajstić information content (AvgIpc) is 3.09. The number of likely N-dealkylation sites (tertiary alicyclic amines) is 1. The van der Waals surface area contributed by atoms with E-state index < -0.39 is 5.91 Å². The van der Waals surface area contributed by atoms with Gasteiger partial charge in [0.25, 0.3) is 5.91 Å². The lowest BCUT2D eigenvalue weighted by molar-refractivity contribution is -0.124. The second-order valence-electron chi connectivity index (χ2n) is 6.07. The minimum Gasteiger partial charge on any atom is -0.359 e. The van der Waals surface area contributed by atoms with Crippen molar-refractivity contribution in [3.05, 3.63) is 53.0 Å². The van der Waals surface area contributed by atoms with E-state index in [1.54, 1.807) is 11.6 Å². The van der Waals surface area contributed by atoms with Gasteiger partial charge in [-0.25, -0.2) is 10.5 Å². The van der Waals surface area contributed by atoms with Crippen LogP contribution in [0.4, 0.5) is 5.13 Å². The molecule has 2 aromatic rings. The van der Waals surface area contributed by atoms with Crippen molar-refractivity contribution in [2.75, 3.05) is 18.4 Å². The number of carbonyl (C=O) groups is 1. The van der Waals surface area contributed by atoms with Crippen molar-refractivity contribution >= 4 is 53.3 Å². The van der Waals surface area contributed by atoms with Crippen LogP contribution >= 0.6 is 36.2 Å². The fourth-order valence-corrected chi connectivity index (χ4v) is 3.64. The molecule has 1 fully saturated rings. The van der Waals surface area contributed by atoms with E-state index in [0.29, 0.717) is 11.7 Å². The van der Waals surface area contributed by atoms with Gasteiger partial charge in [-0.15, -0.1) is 36.2 Å². The monoisotopic (exact) mass is 430 g/mol. The quantitative estimate of drug-likeness (QED) is 0.370. The van der Waals surface area contributed by atoms with Crippen molar-refractivity contribution in [2.24, 2.45) is 0 Å². The lowest BCUT2D eigenvalue weighted by Gasteiger charge is -2.32. The maximum atomic E-state index is 11.0. The fourth-order valence-electron chi connectivity index (χ4n) is 2.88. The van der Waals surface area contributed by atoms with Crippen LogP contribution in [-0.4, -0.2) is 40.1 Å². The summed E-state index contributed by atoms with van der Waals surface area (Å²) in [7, 11) is 0. The number of amides is 1. The Morgan fingerprint density at radius 2 is 1.96 bits per heavy atom. The van der Waals surface area contributed by atoms with E-state index in [4.69, 9.17) is 5.21 Å². The van der Waals surface area contributed by atoms with Gasteiger partial charge in [0.1, 0.15) is 0 Å². The molecule has 1 amide bonds. The summed E-state index contributed by atoms with van der Waals surface area (Å²) in [6.45, 7) is 3.15. The molecule has 0 spiro atoms. The van der Waals surface area contributed by atoms with Gasteiger partial charge < -0.3 is 5.32 Å². The van der Waals surface area contributed by atoms with E-state index in [-0.39, 0.29) is 24.8 Å². The van der Waals surface area contributed by atoms with Gasteiger partial charge >= 0.3 is 0 Å². The van der Waals surface area contributed by atoms with Gasteiger partial charge in [-0.1, -0.05) is 30.3 Å². The molecule has 1 aromatic carbocycles. The zero-order valence-corrected chi connectivity index (χ0v) is 17.2. The number of aromatic nitrogens is 1. The molecule has 0 atom stereocenters. The molecule has 1 aromatic heterocycles. The van der Waals surface area contributed by atoms with Crippen LogP contribution in [0.25, 0.3) is 6.08 Å². The van der Waals surface area contributed by atoms with Crippen molar-refractivity contribution in [2.45, 2.75) is 25.4 Å². The van der Waals surface area contributed by atoms with Crippen LogP contribution in [0.2, 0.25) is 0 Å². The molecule has 148 valence electrons. The molecule has 2 heterocycles. The van der Waals surface area contributed by atoms with Crippen LogP contribution in [0.15, 0.2) is 41.8 Å². The van der Waals surface area contributed by atoms with E-state index in [1.807, 2.05) is 11.4 Å². The predicted octanol–water partition coefficient (Wildman–Crippen LogP) is 3.58. The Hall–Kier alpha value is -1.64. The lowest BCUT2D eigenvalue weighted by Crippen LogP contribution is -2.38. The van der Waals surface area contributed by atoms with Gasteiger partial charge in [0, 0.05) is 37.1 Å². The molecular weight excluding hydrogens is 407 g/mol. The van der Waals surface area contributed by atoms with E-state index in [1.165, 1.54) is 23.0 Å². The first-order valence-corrected chi connectivity index (χ1v) is 9.21. The summed E-state index contributed by atoms with van der Waals surface area (Å²) in [5.41, 5.74) is 3.62. The van der Waals surface area contributed by atoms with E-state index in [9.17, 15) is 4.79 Å². The highest BCUT2D eigenvalue weighted by molar-refractivity contribution is 7.13. The minimum atomic E-state index is -0.562. The topological polar surface area (TPSA) is 77.5 Å². The molecule has 0 bridgehead atoms. The maximum absolute atomic E-state index is 11.0. The lowest BCUT2D eigenvalue weighted by atomic mass is 10.0. The molecule has 0 saturated carbocycles. The number of hydrogen-bond donors (Lipinski definition) is 3. The van der Waals surface area contributed by atoms with Gasteiger partial charge in [0.2, 0.25) is 0 Å². The van der Waals surface area contributed by atoms with Gasteiger partial charge in [-0.2, -0.15) is 0 Å². The van der Waals surface area contributed by atoms with Gasteiger partial charge in [0.05, 0.1) is 5.69 Å². The summed E-state index contributed by atoms with van der Waals surface area (Å²) in [4.78, 5) is 17.9. The first-order valence-electron chi connectivity index (χ1n) is 8.33. The summed E-state index contributed by atoms with van der Waals surface area (Å²) in [6, 6.07) is 11.0. The molecule has 3 N–H and O–H groups in total. The normalized spacial score (nSPS) is 15.0. The fraction of sp³-hybridized carbons (Fsp3) is 0.333. The van der Waals surface area contributed by atoms with Gasteiger partial charge in [-0.3, -0.25) is 14.9 Å². The van der Waals surface area contributed by atoms with Crippen molar-refractivity contribution in [3.63, 3.8) is 0 Å². The number of anilines is 1. The Bertz CT molecular complexity index is 719. The van der Waals surface area contributed by atoms with Crippen molar-refractivity contribution in [1.29, 1.82) is 0 Å². The predicted molar refractivity (Wildman–Crippen MR) is 114 cm³/mol. The molecule has 9 heteroatoms. The molecule has 1 aliphatic rings. The van der Waals surface area contributed by atoms with Crippen LogP contribution in [0.3, 0.4) is 0 Å². The molecule has 1 saturated heterocycles. The number of hydroxylamine groups is 1. The number of rotatable bonds is 6. The second-order valence-corrected chi connectivity index (χ2v) is 6.93. The summed E-state index contributed by atoms with van der Waals surface area (Å²) >= 11 is 1.52. The summed E-state index contributed by atoms with van der Waals surface area (Å²) in [6.07, 6.45) is 5.01. The number of nitrogens with one attached hydrogen (secondary N) is 2. The van der Waals surface area contributed by atoms with E-state index in [0.717, 1.165) is 37.6 Å². The molecule has 0 radical (unpaired) electrons. The SMILES string of the molecule is Cl.Cl.O=C(/C=C/c1csc(NC2CCN(Cc3ccccc3)CC2)n1)NO. The number of nitrogens with zero attached hydrogens (tertiary/aromatic N) is 2. The number of benzene rings is 1. The molecule has 1 aliphatic heterocycles. The first-order chi connectivity index (χ1) is 12.2. The van der Waals surface area contributed by atoms with Gasteiger partial charge in [-0.05, 0) is 24.5 Å². The van der Waals surface area contributed by atoms with E-state index in [2.05, 4.69) is 39.5 Å². The third kappa shape index (κ3) is 7.48. The molecule has 0 unspecified atom stereocenters. The smallest absolute Gasteiger partial charge is 0.267 e. The van der Waals surface area contributed by atoms with Crippen LogP contribution in [0, 0.1) is 0 Å². The molecule has 3 rings (SSSR count). The average molecular weight is 431 g/mol. The summed E-state index contributed by atoms with van der Waals surface area (Å²) in [5.74, 6) is -0.562. The number of carbonyl (C=O) groups excluding carboxylic acids is 1. The Kier molecular flexibility index (Phi) is 10.4. The van der Waals surface area contributed by atoms with Crippen molar-refractivity contribution < 1.29 is 10.0 Å². The van der Waals surface area contributed by atoms with Gasteiger partial charge in [0.15, 0.2) is 5.13 Å². The van der Waals surface area contributed by atoms with Crippen LogP contribution in [0.1, 0.15) is 24.1 Å². The third-order valence-corrected chi connectivity index (χ3v) is 4.99. The molecular formula is C18H24Cl2N4O2S. The first kappa shape index (κ1) is 23.4. The third-order valence-electron chi connectivity index (χ3n) is 4.20. The highest BCUT2D eigenvalue weighted by Gasteiger charge is 2.19. The maximum Gasteiger partial charge on any atom is 0.267 e. The largest absolute Gasteiger partial charge is 0.359 e. The number of halogens is 2. The summed E-state index contributed by atoms with van der Waals surface area (Å²) in [5, 5.41) is 14.7. The Morgan fingerprint density at radius 3 is 2.63 bits per heavy atom. The zero-order chi connectivity index (χ0) is 17.5. The van der Waals surface area contributed by atoms with E-state index >= 15 is 0 Å². The highest BCUT2D eigenvalue weighted by Crippen LogP contribution is 2.21. The number of thiazole rings is 1. The molecule has 27 heavy (non-hydrogen) atoms. The molecule has 0 aliphatic carbocycles. The summed E-state index contributed by atoms with van der Waals surface area (Å²) < 4.78 is 0. The van der Waals surface area contributed by atoms with Crippen LogP contribution in [0.5, 0.6) is 0 Å². The Labute approximate surface area is 175 Å².